The molecule has 0 spiro atoms. The van der Waals surface area contributed by atoms with E-state index in [1.54, 1.807) is 13.2 Å². The zero-order chi connectivity index (χ0) is 33.3. The third-order valence-electron chi connectivity index (χ3n) is 5.12. The Morgan fingerprint density at radius 2 is 1.32 bits per heavy atom. The van der Waals surface area contributed by atoms with Gasteiger partial charge in [0.05, 0.1) is 18.9 Å². The smallest absolute Gasteiger partial charge is 0.507 e. The Balaban J connectivity index is 0. The second-order valence-electron chi connectivity index (χ2n) is 9.52. The molecule has 0 saturated heterocycles. The van der Waals surface area contributed by atoms with Crippen LogP contribution in [0.4, 0.5) is 0 Å². The molecule has 1 radical (unpaired) electrons. The Morgan fingerprint density at radius 3 is 1.70 bits per heavy atom. The van der Waals surface area contributed by atoms with E-state index in [-0.39, 0.29) is 22.5 Å². The minimum absolute atomic E-state index is 0. The molecule has 0 atom stereocenters. The number of pyridine rings is 2. The molecule has 1 aromatic carbocycles. The predicted octanol–water partition coefficient (Wildman–Crippen LogP) is -4.25. The summed E-state index contributed by atoms with van der Waals surface area (Å²) in [6.07, 6.45) is 4.46. The van der Waals surface area contributed by atoms with E-state index >= 15 is 0 Å². The van der Waals surface area contributed by atoms with Gasteiger partial charge in [0.1, 0.15) is 11.5 Å². The average molecular weight is 709 g/mol. The normalized spacial score (nSPS) is 10.8. The van der Waals surface area contributed by atoms with Crippen LogP contribution in [0.15, 0.2) is 60.9 Å². The minimum Gasteiger partial charge on any atom is -0.507 e. The molecular formula is C27H34Cl2CuN4O10. The van der Waals surface area contributed by atoms with Crippen LogP contribution in [0.1, 0.15) is 50.2 Å². The number of hydrogen-bond donors (Lipinski definition) is 1. The molecule has 0 aliphatic heterocycles. The van der Waals surface area contributed by atoms with Crippen molar-refractivity contribution in [1.29, 1.82) is 5.26 Å². The molecule has 17 heteroatoms. The quantitative estimate of drug-likeness (QED) is 0.217. The number of nitrogens with zero attached hydrogens (tertiary/aromatic N) is 4. The van der Waals surface area contributed by atoms with Gasteiger partial charge in [-0.05, 0) is 41.8 Å². The van der Waals surface area contributed by atoms with Gasteiger partial charge < -0.3 is 9.84 Å². The van der Waals surface area contributed by atoms with Crippen LogP contribution in [0.3, 0.4) is 0 Å². The minimum atomic E-state index is -4.94. The topological polar surface area (TPSA) is 267 Å². The molecule has 0 amide bonds. The summed E-state index contributed by atoms with van der Waals surface area (Å²) in [5.41, 5.74) is 3.61. The Kier molecular flexibility index (Phi) is 20.9. The summed E-state index contributed by atoms with van der Waals surface area (Å²) in [6, 6.07) is 17.5. The maximum Gasteiger partial charge on any atom is 2.00 e. The SMILES string of the molecule is CC#N.COc1cc(CN(CCc2ccccn2)Cc2ccccn2)c(O)c(C(C)(C)C)c1.[Cu+2].[O-][Cl+3]([O-])([O-])[O-].[O-][Cl+3]([O-])([O-])[O-]. The van der Waals surface area contributed by atoms with Crippen LogP contribution in [-0.4, -0.2) is 33.6 Å². The third-order valence-corrected chi connectivity index (χ3v) is 5.12. The van der Waals surface area contributed by atoms with Gasteiger partial charge in [0.2, 0.25) is 0 Å². The molecule has 2 heterocycles. The Hall–Kier alpha value is -2.65. The molecule has 0 unspecified atom stereocenters. The van der Waals surface area contributed by atoms with Gasteiger partial charge in [-0.25, -0.2) is 37.3 Å². The maximum absolute atomic E-state index is 11.0. The van der Waals surface area contributed by atoms with E-state index in [2.05, 4.69) is 35.6 Å². The second-order valence-corrected chi connectivity index (χ2v) is 11.0. The second kappa shape index (κ2) is 21.2. The molecule has 3 aromatic rings. The van der Waals surface area contributed by atoms with Gasteiger partial charge in [-0.2, -0.15) is 5.26 Å². The van der Waals surface area contributed by atoms with E-state index in [1.165, 1.54) is 6.92 Å². The number of hydrogen-bond acceptors (Lipinski definition) is 14. The number of nitriles is 1. The van der Waals surface area contributed by atoms with Crippen LogP contribution in [0.5, 0.6) is 11.5 Å². The van der Waals surface area contributed by atoms with Gasteiger partial charge in [-0.3, -0.25) is 14.9 Å². The van der Waals surface area contributed by atoms with Crippen LogP contribution >= 0.6 is 0 Å². The average Bonchev–Trinajstić information content (AvgIpc) is 2.87. The van der Waals surface area contributed by atoms with Gasteiger partial charge in [-0.1, -0.05) is 32.9 Å². The molecule has 0 fully saturated rings. The Labute approximate surface area is 271 Å². The van der Waals surface area contributed by atoms with E-state index < -0.39 is 20.5 Å². The summed E-state index contributed by atoms with van der Waals surface area (Å²) < 4.78 is 73.5. The van der Waals surface area contributed by atoms with Gasteiger partial charge >= 0.3 is 17.1 Å². The van der Waals surface area contributed by atoms with E-state index in [1.807, 2.05) is 60.9 Å². The largest absolute Gasteiger partial charge is 2.00 e. The van der Waals surface area contributed by atoms with E-state index in [0.29, 0.717) is 18.8 Å². The fourth-order valence-electron chi connectivity index (χ4n) is 3.47. The summed E-state index contributed by atoms with van der Waals surface area (Å²) in [7, 11) is -8.23. The van der Waals surface area contributed by atoms with Gasteiger partial charge in [0.15, 0.2) is 0 Å². The zero-order valence-electron chi connectivity index (χ0n) is 24.6. The van der Waals surface area contributed by atoms with Crippen molar-refractivity contribution in [2.45, 2.75) is 52.6 Å². The molecule has 0 saturated carbocycles. The van der Waals surface area contributed by atoms with Crippen molar-refractivity contribution in [3.05, 3.63) is 83.4 Å². The molecule has 0 bridgehead atoms. The third kappa shape index (κ3) is 22.8. The van der Waals surface area contributed by atoms with Crippen molar-refractivity contribution in [3.63, 3.8) is 0 Å². The molecule has 247 valence electrons. The number of rotatable bonds is 8. The van der Waals surface area contributed by atoms with Gasteiger partial charge in [0, 0.05) is 62.2 Å². The molecule has 0 aliphatic rings. The summed E-state index contributed by atoms with van der Waals surface area (Å²) in [5.74, 6) is 1.10. The Bertz CT molecular complexity index is 1210. The number of phenolic OH excluding ortho intramolecular Hbond substituents is 1. The van der Waals surface area contributed by atoms with Crippen LogP contribution in [0.25, 0.3) is 0 Å². The Morgan fingerprint density at radius 1 is 0.864 bits per heavy atom. The van der Waals surface area contributed by atoms with E-state index in [4.69, 9.17) is 47.3 Å². The number of ether oxygens (including phenoxy) is 1. The van der Waals surface area contributed by atoms with E-state index in [0.717, 1.165) is 41.2 Å². The van der Waals surface area contributed by atoms with E-state index in [9.17, 15) is 5.11 Å². The van der Waals surface area contributed by atoms with Gasteiger partial charge in [-0.15, -0.1) is 20.5 Å². The number of methoxy groups -OCH3 is 1. The fraction of sp³-hybridized carbons (Fsp3) is 0.370. The molecule has 0 aliphatic carbocycles. The maximum atomic E-state index is 11.0. The molecule has 1 N–H and O–H groups in total. The number of aromatic hydroxyl groups is 1. The van der Waals surface area contributed by atoms with Crippen molar-refractivity contribution >= 4 is 0 Å². The van der Waals surface area contributed by atoms with Crippen molar-refractivity contribution in [2.24, 2.45) is 0 Å². The van der Waals surface area contributed by atoms with Crippen molar-refractivity contribution < 1.29 is 84.7 Å². The summed E-state index contributed by atoms with van der Waals surface area (Å²) >= 11 is 0. The zero-order valence-corrected chi connectivity index (χ0v) is 27.0. The molecular weight excluding hydrogens is 675 g/mol. The van der Waals surface area contributed by atoms with Crippen molar-refractivity contribution in [1.82, 2.24) is 14.9 Å². The number of benzene rings is 1. The van der Waals surface area contributed by atoms with Crippen LogP contribution in [0.2, 0.25) is 0 Å². The number of phenols is 1. The number of aromatic nitrogens is 2. The summed E-state index contributed by atoms with van der Waals surface area (Å²) in [5, 5.41) is 18.4. The van der Waals surface area contributed by atoms with Crippen LogP contribution in [-0.2, 0) is 42.0 Å². The molecule has 44 heavy (non-hydrogen) atoms. The van der Waals surface area contributed by atoms with Gasteiger partial charge in [0.25, 0.3) is 0 Å². The monoisotopic (exact) mass is 707 g/mol. The van der Waals surface area contributed by atoms with Crippen molar-refractivity contribution in [2.75, 3.05) is 13.7 Å². The summed E-state index contributed by atoms with van der Waals surface area (Å²) in [6.45, 7) is 9.80. The molecule has 14 nitrogen and oxygen atoms in total. The first-order valence-corrected chi connectivity index (χ1v) is 14.7. The number of halogens is 2. The fourth-order valence-corrected chi connectivity index (χ4v) is 3.47. The standard InChI is InChI=1S/C25H31N3O2.C2H3N.2ClHO4.Cu/c1-25(2,3)23-16-22(30-4)15-19(24(23)29)17-28(18-21-10-6-8-13-27-21)14-11-20-9-5-7-12-26-20;1-2-3;2*2-1(3,4)5;/h5-10,12-13,15-16,29H,11,14,17-18H2,1-4H3;1H3;2*(H,2,3,4,5);/q;;;;+2/p-2. The molecule has 2 aromatic heterocycles. The van der Waals surface area contributed by atoms with Crippen LogP contribution < -0.4 is 42.0 Å². The first-order valence-electron chi connectivity index (χ1n) is 12.2. The predicted molar refractivity (Wildman–Crippen MR) is 131 cm³/mol. The first kappa shape index (κ1) is 43.5. The summed E-state index contributed by atoms with van der Waals surface area (Å²) in [4.78, 5) is 11.2. The molecule has 3 rings (SSSR count). The van der Waals surface area contributed by atoms with Crippen LogP contribution in [0, 0.1) is 31.8 Å². The first-order chi connectivity index (χ1) is 19.8. The van der Waals surface area contributed by atoms with Crippen molar-refractivity contribution in [3.8, 4) is 17.6 Å².